The summed E-state index contributed by atoms with van der Waals surface area (Å²) in [4.78, 5) is 19.0. The molecule has 1 saturated heterocycles. The number of hydrogen-bond acceptors (Lipinski definition) is 4. The zero-order valence-corrected chi connectivity index (χ0v) is 13.7. The molecule has 0 aliphatic carbocycles. The number of oxazole rings is 1. The lowest BCUT2D eigenvalue weighted by molar-refractivity contribution is -0.133. The van der Waals surface area contributed by atoms with E-state index >= 15 is 0 Å². The van der Waals surface area contributed by atoms with E-state index in [9.17, 15) is 4.79 Å². The first-order chi connectivity index (χ1) is 11.0. The fourth-order valence-corrected chi connectivity index (χ4v) is 3.12. The Bertz CT molecular complexity index is 681. The second-order valence-corrected chi connectivity index (χ2v) is 6.29. The number of aryl methyl sites for hydroxylation is 1. The molecule has 1 amide bonds. The largest absolute Gasteiger partial charge is 0.441 e. The topological polar surface area (TPSA) is 72.4 Å². The zero-order chi connectivity index (χ0) is 16.4. The van der Waals surface area contributed by atoms with Crippen LogP contribution in [0.15, 0.2) is 34.7 Å². The van der Waals surface area contributed by atoms with E-state index in [0.717, 1.165) is 30.6 Å². The van der Waals surface area contributed by atoms with E-state index in [0.29, 0.717) is 11.7 Å². The van der Waals surface area contributed by atoms with Gasteiger partial charge in [0, 0.05) is 24.2 Å². The molecule has 2 atom stereocenters. The second kappa shape index (κ2) is 6.54. The minimum Gasteiger partial charge on any atom is -0.441 e. The molecule has 1 aliphatic rings. The van der Waals surface area contributed by atoms with Crippen LogP contribution in [0.25, 0.3) is 11.5 Å². The lowest BCUT2D eigenvalue weighted by atomic mass is 9.98. The van der Waals surface area contributed by atoms with E-state index in [1.165, 1.54) is 0 Å². The summed E-state index contributed by atoms with van der Waals surface area (Å²) in [7, 11) is 0. The Morgan fingerprint density at radius 1 is 1.39 bits per heavy atom. The van der Waals surface area contributed by atoms with Crippen molar-refractivity contribution in [1.29, 1.82) is 0 Å². The van der Waals surface area contributed by atoms with Crippen molar-refractivity contribution in [3.8, 4) is 11.5 Å². The molecule has 2 heterocycles. The van der Waals surface area contributed by atoms with E-state index in [-0.39, 0.29) is 24.4 Å². The number of nitrogens with zero attached hydrogens (tertiary/aromatic N) is 2. The van der Waals surface area contributed by atoms with Crippen LogP contribution in [0.2, 0.25) is 0 Å². The van der Waals surface area contributed by atoms with Gasteiger partial charge in [-0.3, -0.25) is 4.79 Å². The van der Waals surface area contributed by atoms with E-state index in [4.69, 9.17) is 10.2 Å². The molecule has 2 N–H and O–H groups in total. The Balaban J connectivity index is 1.73. The van der Waals surface area contributed by atoms with Crippen LogP contribution in [0.4, 0.5) is 0 Å². The molecule has 5 heteroatoms. The summed E-state index contributed by atoms with van der Waals surface area (Å²) < 4.78 is 5.73. The maximum absolute atomic E-state index is 12.6. The van der Waals surface area contributed by atoms with Gasteiger partial charge in [0.25, 0.3) is 0 Å². The summed E-state index contributed by atoms with van der Waals surface area (Å²) in [6.07, 6.45) is 2.00. The number of carbonyl (C=O) groups excluding carboxylic acids is 1. The van der Waals surface area contributed by atoms with Crippen LogP contribution < -0.4 is 5.73 Å². The zero-order valence-electron chi connectivity index (χ0n) is 13.7. The van der Waals surface area contributed by atoms with Crippen molar-refractivity contribution in [2.24, 2.45) is 5.73 Å². The second-order valence-electron chi connectivity index (χ2n) is 6.29. The van der Waals surface area contributed by atoms with Crippen LogP contribution in [0.1, 0.15) is 31.2 Å². The SMILES string of the molecule is Cc1oc(-c2ccccc2)nc1CC(=O)N1CCC(N)CC1C. The average Bonchev–Trinajstić information content (AvgIpc) is 2.89. The highest BCUT2D eigenvalue weighted by Gasteiger charge is 2.28. The minimum atomic E-state index is 0.0976. The number of hydrogen-bond donors (Lipinski definition) is 1. The molecule has 1 aliphatic heterocycles. The molecule has 122 valence electrons. The van der Waals surface area contributed by atoms with Crippen LogP contribution in [0, 0.1) is 6.92 Å². The third-order valence-corrected chi connectivity index (χ3v) is 4.47. The van der Waals surface area contributed by atoms with Crippen LogP contribution in [-0.2, 0) is 11.2 Å². The number of amides is 1. The van der Waals surface area contributed by atoms with E-state index in [2.05, 4.69) is 11.9 Å². The van der Waals surface area contributed by atoms with E-state index < -0.39 is 0 Å². The molecule has 1 aromatic carbocycles. The molecular formula is C18H23N3O2. The number of rotatable bonds is 3. The Morgan fingerprint density at radius 3 is 2.83 bits per heavy atom. The summed E-state index contributed by atoms with van der Waals surface area (Å²) in [6.45, 7) is 4.64. The Morgan fingerprint density at radius 2 is 2.13 bits per heavy atom. The molecule has 0 spiro atoms. The monoisotopic (exact) mass is 313 g/mol. The molecule has 0 saturated carbocycles. The highest BCUT2D eigenvalue weighted by molar-refractivity contribution is 5.79. The van der Waals surface area contributed by atoms with Gasteiger partial charge in [0.2, 0.25) is 11.8 Å². The van der Waals surface area contributed by atoms with Crippen molar-refractivity contribution in [3.05, 3.63) is 41.8 Å². The molecular weight excluding hydrogens is 290 g/mol. The van der Waals surface area contributed by atoms with Crippen molar-refractivity contribution in [2.45, 2.75) is 45.2 Å². The van der Waals surface area contributed by atoms with Gasteiger partial charge in [-0.1, -0.05) is 18.2 Å². The summed E-state index contributed by atoms with van der Waals surface area (Å²) in [5.74, 6) is 1.37. The Labute approximate surface area is 136 Å². The van der Waals surface area contributed by atoms with Gasteiger partial charge in [0.1, 0.15) is 5.76 Å². The van der Waals surface area contributed by atoms with Crippen LogP contribution in [0.5, 0.6) is 0 Å². The molecule has 3 rings (SSSR count). The van der Waals surface area contributed by atoms with Gasteiger partial charge in [0.05, 0.1) is 12.1 Å². The Kier molecular flexibility index (Phi) is 4.48. The van der Waals surface area contributed by atoms with Crippen LogP contribution in [-0.4, -0.2) is 34.4 Å². The van der Waals surface area contributed by atoms with Gasteiger partial charge in [-0.15, -0.1) is 0 Å². The van der Waals surface area contributed by atoms with Crippen LogP contribution in [0.3, 0.4) is 0 Å². The van der Waals surface area contributed by atoms with Crippen molar-refractivity contribution in [3.63, 3.8) is 0 Å². The van der Waals surface area contributed by atoms with Crippen molar-refractivity contribution in [2.75, 3.05) is 6.54 Å². The first-order valence-corrected chi connectivity index (χ1v) is 8.11. The van der Waals surface area contributed by atoms with Gasteiger partial charge in [0.15, 0.2) is 0 Å². The van der Waals surface area contributed by atoms with Crippen LogP contribution >= 0.6 is 0 Å². The molecule has 23 heavy (non-hydrogen) atoms. The van der Waals surface area contributed by atoms with Gasteiger partial charge in [-0.05, 0) is 38.8 Å². The van der Waals surface area contributed by atoms with Crippen molar-refractivity contribution in [1.82, 2.24) is 9.88 Å². The van der Waals surface area contributed by atoms with Gasteiger partial charge in [-0.2, -0.15) is 0 Å². The van der Waals surface area contributed by atoms with Gasteiger partial charge < -0.3 is 15.1 Å². The maximum Gasteiger partial charge on any atom is 0.228 e. The first kappa shape index (κ1) is 15.7. The molecule has 0 radical (unpaired) electrons. The number of nitrogens with two attached hydrogens (primary N) is 1. The van der Waals surface area contributed by atoms with Gasteiger partial charge in [-0.25, -0.2) is 4.98 Å². The number of benzene rings is 1. The number of likely N-dealkylation sites (tertiary alicyclic amines) is 1. The first-order valence-electron chi connectivity index (χ1n) is 8.11. The highest BCUT2D eigenvalue weighted by atomic mass is 16.4. The lowest BCUT2D eigenvalue weighted by Crippen LogP contribution is -2.48. The molecule has 1 fully saturated rings. The molecule has 5 nitrogen and oxygen atoms in total. The Hall–Kier alpha value is -2.14. The summed E-state index contributed by atoms with van der Waals surface area (Å²) >= 11 is 0. The molecule has 2 unspecified atom stereocenters. The maximum atomic E-state index is 12.6. The molecule has 1 aromatic heterocycles. The minimum absolute atomic E-state index is 0.0976. The summed E-state index contributed by atoms with van der Waals surface area (Å²) in [5, 5.41) is 0. The summed E-state index contributed by atoms with van der Waals surface area (Å²) in [5.41, 5.74) is 7.61. The fraction of sp³-hybridized carbons (Fsp3) is 0.444. The smallest absolute Gasteiger partial charge is 0.228 e. The summed E-state index contributed by atoms with van der Waals surface area (Å²) in [6, 6.07) is 10.1. The van der Waals surface area contributed by atoms with Crippen molar-refractivity contribution >= 4 is 5.91 Å². The highest BCUT2D eigenvalue weighted by Crippen LogP contribution is 2.23. The average molecular weight is 313 g/mol. The van der Waals surface area contributed by atoms with Crippen molar-refractivity contribution < 1.29 is 9.21 Å². The third kappa shape index (κ3) is 3.45. The normalized spacial score (nSPS) is 21.4. The molecule has 2 aromatic rings. The predicted octanol–water partition coefficient (Wildman–Crippen LogP) is 2.53. The number of carbonyl (C=O) groups is 1. The standard InChI is InChI=1S/C18H23N3O2/c1-12-10-15(19)8-9-21(12)17(22)11-16-13(2)23-18(20-16)14-6-4-3-5-7-14/h3-7,12,15H,8-11,19H2,1-2H3. The number of aromatic nitrogens is 1. The number of piperidine rings is 1. The van der Waals surface area contributed by atoms with Gasteiger partial charge >= 0.3 is 0 Å². The van der Waals surface area contributed by atoms with E-state index in [1.54, 1.807) is 0 Å². The molecule has 0 bridgehead atoms. The third-order valence-electron chi connectivity index (χ3n) is 4.47. The lowest BCUT2D eigenvalue weighted by Gasteiger charge is -2.36. The fourth-order valence-electron chi connectivity index (χ4n) is 3.12. The van der Waals surface area contributed by atoms with E-state index in [1.807, 2.05) is 42.2 Å². The predicted molar refractivity (Wildman–Crippen MR) is 88.8 cm³/mol. The quantitative estimate of drug-likeness (QED) is 0.945.